The lowest BCUT2D eigenvalue weighted by molar-refractivity contribution is 0.584. The van der Waals surface area contributed by atoms with Crippen LogP contribution < -0.4 is 3.64 Å². The van der Waals surface area contributed by atoms with Crippen molar-refractivity contribution >= 4 is 28.7 Å². The molecule has 0 saturated heterocycles. The lowest BCUT2D eigenvalue weighted by atomic mass is 10.5. The number of rotatable bonds is 3. The van der Waals surface area contributed by atoms with Crippen molar-refractivity contribution in [2.24, 2.45) is 5.10 Å². The average Bonchev–Trinajstić information content (AvgIpc) is 1.91. The Kier molecular flexibility index (Phi) is 5.38. The van der Waals surface area contributed by atoms with Crippen LogP contribution in [-0.4, -0.2) is 17.3 Å². The zero-order valence-corrected chi connectivity index (χ0v) is 8.42. The van der Waals surface area contributed by atoms with Crippen molar-refractivity contribution < 1.29 is 0 Å². The van der Waals surface area contributed by atoms with Crippen LogP contribution in [0, 0.1) is 0 Å². The quantitative estimate of drug-likeness (QED) is 0.273. The number of hydrazone groups is 1. The predicted molar refractivity (Wildman–Crippen MR) is 52.8 cm³/mol. The van der Waals surface area contributed by atoms with Gasteiger partial charge in [0, 0.05) is 6.54 Å². The molecule has 1 N–H and O–H groups in total. The molecular weight excluding hydrogens is 241 g/mol. The molecule has 0 aromatic heterocycles. The van der Waals surface area contributed by atoms with Crippen LogP contribution in [0.5, 0.6) is 0 Å². The molecule has 4 heteroatoms. The SMILES string of the molecule is C=CN(CC)/C(C)=N/NI. The Labute approximate surface area is 75.7 Å². The third-order valence-corrected chi connectivity index (χ3v) is 1.42. The summed E-state index contributed by atoms with van der Waals surface area (Å²) in [5, 5.41) is 3.97. The van der Waals surface area contributed by atoms with Crippen LogP contribution in [0.1, 0.15) is 13.8 Å². The van der Waals surface area contributed by atoms with Gasteiger partial charge in [0.25, 0.3) is 0 Å². The molecule has 58 valence electrons. The van der Waals surface area contributed by atoms with Crippen molar-refractivity contribution in [3.05, 3.63) is 12.8 Å². The summed E-state index contributed by atoms with van der Waals surface area (Å²) in [5.74, 6) is 0.923. The molecule has 0 aromatic carbocycles. The fourth-order valence-corrected chi connectivity index (χ4v) is 0.965. The lowest BCUT2D eigenvalue weighted by Gasteiger charge is -2.15. The molecule has 0 bridgehead atoms. The van der Waals surface area contributed by atoms with Crippen molar-refractivity contribution in [3.8, 4) is 0 Å². The van der Waals surface area contributed by atoms with Gasteiger partial charge in [-0.05, 0) is 20.0 Å². The standard InChI is InChI=1S/C6H12IN3/c1-4-10(5-2)6(3)8-9-7/h4,9H,1,5H2,2-3H3/b8-6+. The van der Waals surface area contributed by atoms with E-state index in [-0.39, 0.29) is 0 Å². The van der Waals surface area contributed by atoms with Gasteiger partial charge in [0.1, 0.15) is 5.84 Å². The van der Waals surface area contributed by atoms with E-state index in [2.05, 4.69) is 15.3 Å². The van der Waals surface area contributed by atoms with E-state index in [1.54, 1.807) is 6.20 Å². The van der Waals surface area contributed by atoms with E-state index in [0.717, 1.165) is 12.4 Å². The fourth-order valence-electron chi connectivity index (χ4n) is 0.615. The summed E-state index contributed by atoms with van der Waals surface area (Å²) in [7, 11) is 0. The van der Waals surface area contributed by atoms with Gasteiger partial charge >= 0.3 is 0 Å². The number of nitrogens with zero attached hydrogens (tertiary/aromatic N) is 2. The van der Waals surface area contributed by atoms with Crippen molar-refractivity contribution in [2.75, 3.05) is 6.54 Å². The highest BCUT2D eigenvalue weighted by molar-refractivity contribution is 14.1. The lowest BCUT2D eigenvalue weighted by Crippen LogP contribution is -2.23. The van der Waals surface area contributed by atoms with Crippen LogP contribution in [-0.2, 0) is 0 Å². The number of amidine groups is 1. The van der Waals surface area contributed by atoms with E-state index in [1.807, 2.05) is 41.6 Å². The molecule has 0 fully saturated rings. The first-order valence-electron chi connectivity index (χ1n) is 3.05. The fraction of sp³-hybridized carbons (Fsp3) is 0.500. The van der Waals surface area contributed by atoms with Gasteiger partial charge < -0.3 is 4.90 Å². The number of nitrogens with one attached hydrogen (secondary N) is 1. The van der Waals surface area contributed by atoms with Gasteiger partial charge in [-0.25, -0.2) is 3.64 Å². The number of halogens is 1. The third kappa shape index (κ3) is 3.05. The van der Waals surface area contributed by atoms with Gasteiger partial charge in [-0.1, -0.05) is 6.58 Å². The second-order valence-electron chi connectivity index (χ2n) is 1.71. The summed E-state index contributed by atoms with van der Waals surface area (Å²) in [5.41, 5.74) is 0. The maximum absolute atomic E-state index is 3.97. The van der Waals surface area contributed by atoms with Crippen LogP contribution in [0.4, 0.5) is 0 Å². The van der Waals surface area contributed by atoms with Gasteiger partial charge in [0.2, 0.25) is 0 Å². The summed E-state index contributed by atoms with van der Waals surface area (Å²) in [6, 6.07) is 0. The molecule has 0 heterocycles. The molecule has 0 saturated carbocycles. The maximum Gasteiger partial charge on any atom is 0.126 e. The first-order valence-corrected chi connectivity index (χ1v) is 4.13. The Hall–Kier alpha value is -0.260. The highest BCUT2D eigenvalue weighted by Crippen LogP contribution is 1.90. The summed E-state index contributed by atoms with van der Waals surface area (Å²) in [6.45, 7) is 8.53. The highest BCUT2D eigenvalue weighted by atomic mass is 127. The minimum absolute atomic E-state index is 0.900. The predicted octanol–water partition coefficient (Wildman–Crippen LogP) is 1.72. The normalized spacial score (nSPS) is 10.9. The Morgan fingerprint density at radius 1 is 1.90 bits per heavy atom. The van der Waals surface area contributed by atoms with Crippen LogP contribution >= 0.6 is 22.9 Å². The van der Waals surface area contributed by atoms with Crippen LogP contribution in [0.15, 0.2) is 17.9 Å². The summed E-state index contributed by atoms with van der Waals surface area (Å²) in [4.78, 5) is 1.95. The first kappa shape index (κ1) is 9.74. The van der Waals surface area contributed by atoms with Crippen LogP contribution in [0.2, 0.25) is 0 Å². The molecule has 0 aromatic rings. The Balaban J connectivity index is 4.00. The summed E-state index contributed by atoms with van der Waals surface area (Å²) >= 11 is 1.97. The van der Waals surface area contributed by atoms with Gasteiger partial charge in [-0.3, -0.25) is 0 Å². The van der Waals surface area contributed by atoms with Gasteiger partial charge in [0.05, 0.1) is 22.9 Å². The molecular formula is C6H12IN3. The Bertz CT molecular complexity index is 133. The largest absolute Gasteiger partial charge is 0.336 e. The maximum atomic E-state index is 3.97. The zero-order valence-electron chi connectivity index (χ0n) is 6.26. The molecule has 0 atom stereocenters. The van der Waals surface area contributed by atoms with Crippen molar-refractivity contribution in [1.82, 2.24) is 8.54 Å². The summed E-state index contributed by atoms with van der Waals surface area (Å²) in [6.07, 6.45) is 1.76. The topological polar surface area (TPSA) is 27.6 Å². The van der Waals surface area contributed by atoms with E-state index < -0.39 is 0 Å². The van der Waals surface area contributed by atoms with Crippen molar-refractivity contribution in [3.63, 3.8) is 0 Å². The zero-order chi connectivity index (χ0) is 7.98. The van der Waals surface area contributed by atoms with E-state index in [9.17, 15) is 0 Å². The molecule has 0 aliphatic rings. The second kappa shape index (κ2) is 5.52. The Morgan fingerprint density at radius 3 is 2.80 bits per heavy atom. The minimum atomic E-state index is 0.900. The molecule has 0 unspecified atom stereocenters. The molecule has 0 aliphatic carbocycles. The van der Waals surface area contributed by atoms with E-state index in [4.69, 9.17) is 0 Å². The first-order chi connectivity index (χ1) is 4.76. The monoisotopic (exact) mass is 253 g/mol. The Morgan fingerprint density at radius 2 is 2.50 bits per heavy atom. The molecule has 0 radical (unpaired) electrons. The second-order valence-corrected chi connectivity index (χ2v) is 2.19. The molecule has 10 heavy (non-hydrogen) atoms. The average molecular weight is 253 g/mol. The molecule has 0 rings (SSSR count). The highest BCUT2D eigenvalue weighted by Gasteiger charge is 1.96. The molecule has 3 nitrogen and oxygen atoms in total. The van der Waals surface area contributed by atoms with Crippen molar-refractivity contribution in [2.45, 2.75) is 13.8 Å². The number of hydrogen-bond acceptors (Lipinski definition) is 2. The van der Waals surface area contributed by atoms with Crippen molar-refractivity contribution in [1.29, 1.82) is 0 Å². The smallest absolute Gasteiger partial charge is 0.126 e. The van der Waals surface area contributed by atoms with E-state index in [1.165, 1.54) is 0 Å². The van der Waals surface area contributed by atoms with E-state index in [0.29, 0.717) is 0 Å². The van der Waals surface area contributed by atoms with Crippen LogP contribution in [0.3, 0.4) is 0 Å². The number of hydrogen-bond donors (Lipinski definition) is 1. The van der Waals surface area contributed by atoms with Crippen LogP contribution in [0.25, 0.3) is 0 Å². The van der Waals surface area contributed by atoms with Gasteiger partial charge in [-0.15, -0.1) is 0 Å². The third-order valence-electron chi connectivity index (χ3n) is 1.18. The van der Waals surface area contributed by atoms with E-state index >= 15 is 0 Å². The summed E-state index contributed by atoms with van der Waals surface area (Å²) < 4.78 is 2.69. The minimum Gasteiger partial charge on any atom is -0.336 e. The molecule has 0 spiro atoms. The van der Waals surface area contributed by atoms with Gasteiger partial charge in [0.15, 0.2) is 0 Å². The molecule has 0 aliphatic heterocycles. The van der Waals surface area contributed by atoms with Gasteiger partial charge in [-0.2, -0.15) is 5.10 Å². The molecule has 0 amide bonds.